The molecule has 1 aromatic heterocycles. The van der Waals surface area contributed by atoms with Gasteiger partial charge < -0.3 is 20.1 Å². The third-order valence-corrected chi connectivity index (χ3v) is 4.52. The minimum absolute atomic E-state index is 0.254. The zero-order valence-electron chi connectivity index (χ0n) is 17.0. The molecule has 29 heavy (non-hydrogen) atoms. The lowest BCUT2D eigenvalue weighted by Gasteiger charge is -2.12. The molecular weight excluding hydrogens is 366 g/mol. The number of amides is 1. The van der Waals surface area contributed by atoms with E-state index >= 15 is 0 Å². The normalized spacial score (nSPS) is 10.5. The highest BCUT2D eigenvalue weighted by molar-refractivity contribution is 6.03. The van der Waals surface area contributed by atoms with Crippen molar-refractivity contribution in [2.24, 2.45) is 0 Å². The molecule has 6 nitrogen and oxygen atoms in total. The molecule has 0 spiro atoms. The molecule has 0 bridgehead atoms. The summed E-state index contributed by atoms with van der Waals surface area (Å²) in [7, 11) is 3.20. The Bertz CT molecular complexity index is 968. The lowest BCUT2D eigenvalue weighted by Crippen LogP contribution is -2.13. The van der Waals surface area contributed by atoms with Crippen molar-refractivity contribution in [3.63, 3.8) is 0 Å². The Balaban J connectivity index is 1.67. The number of hydrogen-bond donors (Lipinski definition) is 2. The second-order valence-electron chi connectivity index (χ2n) is 6.85. The average Bonchev–Trinajstić information content (AvgIpc) is 2.74. The van der Waals surface area contributed by atoms with Crippen LogP contribution in [0, 0.1) is 0 Å². The monoisotopic (exact) mass is 391 g/mol. The first kappa shape index (κ1) is 20.2. The summed E-state index contributed by atoms with van der Waals surface area (Å²) in [5.41, 5.74) is 3.82. The van der Waals surface area contributed by atoms with E-state index in [-0.39, 0.29) is 5.91 Å². The molecule has 0 aliphatic rings. The van der Waals surface area contributed by atoms with Gasteiger partial charge in [0.15, 0.2) is 0 Å². The van der Waals surface area contributed by atoms with E-state index in [2.05, 4.69) is 29.5 Å². The third kappa shape index (κ3) is 5.04. The molecule has 3 aromatic rings. The Morgan fingerprint density at radius 2 is 1.66 bits per heavy atom. The minimum atomic E-state index is -0.254. The number of benzene rings is 2. The Hall–Kier alpha value is -3.54. The van der Waals surface area contributed by atoms with Gasteiger partial charge in [-0.05, 0) is 47.9 Å². The van der Waals surface area contributed by atoms with Crippen LogP contribution in [0.5, 0.6) is 11.5 Å². The lowest BCUT2D eigenvalue weighted by atomic mass is 10.0. The SMILES string of the molecule is COc1ccc(Nc2ccc(C(=O)Nc3ccc(C(C)C)cc3)nc2)c(OC)c1. The van der Waals surface area contributed by atoms with Crippen molar-refractivity contribution in [3.05, 3.63) is 72.1 Å². The van der Waals surface area contributed by atoms with Crippen LogP contribution in [-0.4, -0.2) is 25.1 Å². The number of anilines is 3. The maximum atomic E-state index is 12.4. The Kier molecular flexibility index (Phi) is 6.34. The van der Waals surface area contributed by atoms with Crippen LogP contribution in [0.3, 0.4) is 0 Å². The van der Waals surface area contributed by atoms with Crippen molar-refractivity contribution < 1.29 is 14.3 Å². The van der Waals surface area contributed by atoms with Crippen LogP contribution in [0.4, 0.5) is 17.1 Å². The third-order valence-electron chi connectivity index (χ3n) is 4.52. The topological polar surface area (TPSA) is 72.5 Å². The van der Waals surface area contributed by atoms with E-state index in [4.69, 9.17) is 9.47 Å². The Labute approximate surface area is 170 Å². The van der Waals surface area contributed by atoms with Gasteiger partial charge in [-0.1, -0.05) is 26.0 Å². The van der Waals surface area contributed by atoms with E-state index in [1.807, 2.05) is 36.4 Å². The average molecular weight is 391 g/mol. The summed E-state index contributed by atoms with van der Waals surface area (Å²) in [5.74, 6) is 1.55. The van der Waals surface area contributed by atoms with Crippen molar-refractivity contribution in [2.75, 3.05) is 24.9 Å². The number of hydrogen-bond acceptors (Lipinski definition) is 5. The summed E-state index contributed by atoms with van der Waals surface area (Å²) < 4.78 is 10.6. The molecule has 0 unspecified atom stereocenters. The second kappa shape index (κ2) is 9.10. The first-order valence-corrected chi connectivity index (χ1v) is 9.36. The van der Waals surface area contributed by atoms with E-state index < -0.39 is 0 Å². The highest BCUT2D eigenvalue weighted by Crippen LogP contribution is 2.31. The van der Waals surface area contributed by atoms with Gasteiger partial charge in [-0.2, -0.15) is 0 Å². The quantitative estimate of drug-likeness (QED) is 0.578. The molecule has 2 N–H and O–H groups in total. The minimum Gasteiger partial charge on any atom is -0.497 e. The molecule has 0 atom stereocenters. The van der Waals surface area contributed by atoms with Gasteiger partial charge in [-0.3, -0.25) is 4.79 Å². The maximum absolute atomic E-state index is 12.4. The van der Waals surface area contributed by atoms with Gasteiger partial charge in [0, 0.05) is 11.8 Å². The van der Waals surface area contributed by atoms with Crippen molar-refractivity contribution in [3.8, 4) is 11.5 Å². The predicted octanol–water partition coefficient (Wildman–Crippen LogP) is 5.22. The highest BCUT2D eigenvalue weighted by atomic mass is 16.5. The van der Waals surface area contributed by atoms with Gasteiger partial charge in [-0.25, -0.2) is 4.98 Å². The number of nitrogens with zero attached hydrogens (tertiary/aromatic N) is 1. The van der Waals surface area contributed by atoms with E-state index in [1.54, 1.807) is 38.6 Å². The summed E-state index contributed by atoms with van der Waals surface area (Å²) >= 11 is 0. The fourth-order valence-corrected chi connectivity index (χ4v) is 2.81. The molecule has 150 valence electrons. The van der Waals surface area contributed by atoms with E-state index in [0.29, 0.717) is 23.1 Å². The van der Waals surface area contributed by atoms with Crippen LogP contribution >= 0.6 is 0 Å². The molecule has 0 fully saturated rings. The molecule has 0 saturated heterocycles. The number of aromatic nitrogens is 1. The van der Waals surface area contributed by atoms with Crippen molar-refractivity contribution in [2.45, 2.75) is 19.8 Å². The Morgan fingerprint density at radius 3 is 2.24 bits per heavy atom. The molecule has 6 heteroatoms. The van der Waals surface area contributed by atoms with Gasteiger partial charge in [0.25, 0.3) is 5.91 Å². The van der Waals surface area contributed by atoms with Gasteiger partial charge in [-0.15, -0.1) is 0 Å². The molecule has 0 saturated carbocycles. The van der Waals surface area contributed by atoms with Crippen LogP contribution in [0.25, 0.3) is 0 Å². The van der Waals surface area contributed by atoms with E-state index in [1.165, 1.54) is 5.56 Å². The number of carbonyl (C=O) groups excluding carboxylic acids is 1. The van der Waals surface area contributed by atoms with E-state index in [0.717, 1.165) is 17.1 Å². The largest absolute Gasteiger partial charge is 0.497 e. The van der Waals surface area contributed by atoms with Crippen molar-refractivity contribution in [1.29, 1.82) is 0 Å². The summed E-state index contributed by atoms with van der Waals surface area (Å²) in [4.78, 5) is 16.7. The zero-order valence-corrected chi connectivity index (χ0v) is 17.0. The van der Waals surface area contributed by atoms with E-state index in [9.17, 15) is 4.79 Å². The number of pyridine rings is 1. The molecule has 3 rings (SSSR count). The number of rotatable bonds is 7. The number of nitrogens with one attached hydrogen (secondary N) is 2. The first-order valence-electron chi connectivity index (χ1n) is 9.36. The molecule has 2 aromatic carbocycles. The fourth-order valence-electron chi connectivity index (χ4n) is 2.81. The van der Waals surface area contributed by atoms with Crippen molar-refractivity contribution in [1.82, 2.24) is 4.98 Å². The molecule has 0 aliphatic carbocycles. The summed E-state index contributed by atoms with van der Waals surface area (Å²) in [6, 6.07) is 16.8. The molecule has 1 heterocycles. The van der Waals surface area contributed by atoms with Crippen molar-refractivity contribution >= 4 is 23.0 Å². The van der Waals surface area contributed by atoms with Gasteiger partial charge in [0.1, 0.15) is 17.2 Å². The van der Waals surface area contributed by atoms with Crippen LogP contribution in [0.2, 0.25) is 0 Å². The number of ether oxygens (including phenoxy) is 2. The molecule has 0 aliphatic heterocycles. The maximum Gasteiger partial charge on any atom is 0.274 e. The lowest BCUT2D eigenvalue weighted by molar-refractivity contribution is 0.102. The summed E-state index contributed by atoms with van der Waals surface area (Å²) in [5, 5.41) is 6.10. The van der Waals surface area contributed by atoms with Gasteiger partial charge >= 0.3 is 0 Å². The molecule has 1 amide bonds. The highest BCUT2D eigenvalue weighted by Gasteiger charge is 2.10. The standard InChI is InChI=1S/C23H25N3O3/c1-15(2)16-5-7-17(8-6-16)26-23(27)21-11-9-18(14-24-21)25-20-12-10-19(28-3)13-22(20)29-4/h5-15,25H,1-4H3,(H,26,27). The number of carbonyl (C=O) groups is 1. The smallest absolute Gasteiger partial charge is 0.274 e. The van der Waals surface area contributed by atoms with Crippen LogP contribution in [0.1, 0.15) is 35.8 Å². The van der Waals surface area contributed by atoms with Crippen LogP contribution in [-0.2, 0) is 0 Å². The predicted molar refractivity (Wildman–Crippen MR) is 116 cm³/mol. The number of methoxy groups -OCH3 is 2. The van der Waals surface area contributed by atoms with Crippen LogP contribution < -0.4 is 20.1 Å². The molecule has 0 radical (unpaired) electrons. The van der Waals surface area contributed by atoms with Crippen LogP contribution in [0.15, 0.2) is 60.8 Å². The molecular formula is C23H25N3O3. The summed E-state index contributed by atoms with van der Waals surface area (Å²) in [6.45, 7) is 4.27. The fraction of sp³-hybridized carbons (Fsp3) is 0.217. The van der Waals surface area contributed by atoms with Gasteiger partial charge in [0.2, 0.25) is 0 Å². The van der Waals surface area contributed by atoms with Gasteiger partial charge in [0.05, 0.1) is 31.8 Å². The second-order valence-corrected chi connectivity index (χ2v) is 6.85. The first-order chi connectivity index (χ1) is 14.0. The zero-order chi connectivity index (χ0) is 20.8. The Morgan fingerprint density at radius 1 is 0.931 bits per heavy atom. The summed E-state index contributed by atoms with van der Waals surface area (Å²) in [6.07, 6.45) is 1.61.